The Morgan fingerprint density at radius 1 is 1.09 bits per heavy atom. The number of rotatable bonds is 6. The summed E-state index contributed by atoms with van der Waals surface area (Å²) in [6.07, 6.45) is 3.36. The van der Waals surface area contributed by atoms with Gasteiger partial charge in [0.1, 0.15) is 21.2 Å². The predicted molar refractivity (Wildman–Crippen MR) is 130 cm³/mol. The Labute approximate surface area is 200 Å². The topological polar surface area (TPSA) is 66.3 Å². The third kappa shape index (κ3) is 3.60. The Morgan fingerprint density at radius 2 is 1.88 bits per heavy atom. The lowest BCUT2D eigenvalue weighted by Gasteiger charge is -2.42. The summed E-state index contributed by atoms with van der Waals surface area (Å²) in [5.41, 5.74) is 4.43. The maximum Gasteiger partial charge on any atom is 0.309 e. The van der Waals surface area contributed by atoms with E-state index in [-0.39, 0.29) is 17.2 Å². The summed E-state index contributed by atoms with van der Waals surface area (Å²) >= 11 is 1.43. The number of hydrogen-bond donors (Lipinski definition) is 1. The fourth-order valence-electron chi connectivity index (χ4n) is 5.12. The summed E-state index contributed by atoms with van der Waals surface area (Å²) in [6.45, 7) is 1.57. The number of likely N-dealkylation sites (tertiary alicyclic amines) is 1. The molecule has 2 aromatic heterocycles. The van der Waals surface area contributed by atoms with Crippen LogP contribution in [0, 0.1) is 11.7 Å². The van der Waals surface area contributed by atoms with E-state index in [9.17, 15) is 4.79 Å². The van der Waals surface area contributed by atoms with E-state index < -0.39 is 5.97 Å². The van der Waals surface area contributed by atoms with Gasteiger partial charge in [-0.3, -0.25) is 9.69 Å². The fourth-order valence-corrected chi connectivity index (χ4v) is 6.09. The first-order valence-electron chi connectivity index (χ1n) is 11.6. The molecule has 2 aromatic carbocycles. The number of benzene rings is 2. The molecular weight excluding hydrogens is 449 g/mol. The number of nitrogens with zero attached hydrogens (tertiary/aromatic N) is 3. The van der Waals surface area contributed by atoms with Crippen LogP contribution >= 0.6 is 11.3 Å². The van der Waals surface area contributed by atoms with Crippen molar-refractivity contribution in [2.45, 2.75) is 31.2 Å². The van der Waals surface area contributed by atoms with E-state index in [2.05, 4.69) is 35.3 Å². The van der Waals surface area contributed by atoms with Crippen molar-refractivity contribution in [2.24, 2.45) is 5.92 Å². The van der Waals surface area contributed by atoms with Crippen molar-refractivity contribution in [3.05, 3.63) is 83.3 Å². The first-order chi connectivity index (χ1) is 16.5. The zero-order chi connectivity index (χ0) is 23.3. The molecule has 1 N–H and O–H groups in total. The minimum absolute atomic E-state index is 0.0387. The molecule has 0 amide bonds. The van der Waals surface area contributed by atoms with Gasteiger partial charge in [-0.05, 0) is 48.2 Å². The maximum absolute atomic E-state index is 15.0. The number of fused-ring (bicyclic) bond motifs is 1. The van der Waals surface area contributed by atoms with Gasteiger partial charge in [0.05, 0.1) is 11.6 Å². The van der Waals surface area contributed by atoms with E-state index in [0.717, 1.165) is 34.4 Å². The van der Waals surface area contributed by atoms with Crippen molar-refractivity contribution in [3.63, 3.8) is 0 Å². The third-order valence-electron chi connectivity index (χ3n) is 7.26. The first kappa shape index (κ1) is 21.4. The predicted octanol–water partition coefficient (Wildman–Crippen LogP) is 5.48. The molecule has 34 heavy (non-hydrogen) atoms. The van der Waals surface area contributed by atoms with Gasteiger partial charge in [-0.1, -0.05) is 54.2 Å². The van der Waals surface area contributed by atoms with Crippen molar-refractivity contribution in [1.82, 2.24) is 14.9 Å². The van der Waals surface area contributed by atoms with Crippen LogP contribution in [0.4, 0.5) is 4.39 Å². The monoisotopic (exact) mass is 473 g/mol. The lowest BCUT2D eigenvalue weighted by atomic mass is 9.62. The molecule has 0 radical (unpaired) electrons. The van der Waals surface area contributed by atoms with Gasteiger partial charge in [-0.2, -0.15) is 0 Å². The Bertz CT molecular complexity index is 1380. The van der Waals surface area contributed by atoms with Crippen molar-refractivity contribution >= 4 is 27.7 Å². The molecule has 5 nitrogen and oxygen atoms in total. The number of thiazole rings is 1. The van der Waals surface area contributed by atoms with Gasteiger partial charge in [-0.15, -0.1) is 0 Å². The highest BCUT2D eigenvalue weighted by Gasteiger charge is 2.41. The van der Waals surface area contributed by atoms with Gasteiger partial charge in [0.15, 0.2) is 0 Å². The number of carbonyl (C=O) groups is 1. The normalized spacial score (nSPS) is 17.9. The second kappa shape index (κ2) is 8.25. The number of aliphatic carboxylic acids is 1. The zero-order valence-electron chi connectivity index (χ0n) is 18.6. The first-order valence-corrected chi connectivity index (χ1v) is 12.4. The average molecular weight is 474 g/mol. The van der Waals surface area contributed by atoms with Gasteiger partial charge in [-0.25, -0.2) is 14.4 Å². The molecule has 0 unspecified atom stereocenters. The number of hydrogen-bond acceptors (Lipinski definition) is 5. The molecule has 6 rings (SSSR count). The molecule has 2 aliphatic rings. The van der Waals surface area contributed by atoms with E-state index in [4.69, 9.17) is 10.1 Å². The van der Waals surface area contributed by atoms with Crippen LogP contribution < -0.4 is 0 Å². The third-order valence-corrected chi connectivity index (χ3v) is 8.25. The molecular formula is C27H24FN3O2S. The van der Waals surface area contributed by atoms with Crippen LogP contribution in [0.3, 0.4) is 0 Å². The van der Waals surface area contributed by atoms with Crippen LogP contribution in [0.2, 0.25) is 0 Å². The van der Waals surface area contributed by atoms with Gasteiger partial charge in [0.25, 0.3) is 0 Å². The van der Waals surface area contributed by atoms with Gasteiger partial charge in [0.2, 0.25) is 0 Å². The molecule has 1 aliphatic heterocycles. The van der Waals surface area contributed by atoms with E-state index in [0.29, 0.717) is 30.2 Å². The van der Waals surface area contributed by atoms with Gasteiger partial charge >= 0.3 is 5.97 Å². The van der Waals surface area contributed by atoms with Crippen LogP contribution in [0.1, 0.15) is 36.1 Å². The molecule has 4 aromatic rings. The van der Waals surface area contributed by atoms with Crippen LogP contribution in [-0.2, 0) is 16.8 Å². The Balaban J connectivity index is 1.26. The Hall–Kier alpha value is -3.16. The molecule has 0 atom stereocenters. The van der Waals surface area contributed by atoms with E-state index in [1.165, 1.54) is 29.4 Å². The summed E-state index contributed by atoms with van der Waals surface area (Å²) in [7, 11) is 0. The number of aromatic nitrogens is 2. The quantitative estimate of drug-likeness (QED) is 0.401. The smallest absolute Gasteiger partial charge is 0.309 e. The maximum atomic E-state index is 15.0. The molecule has 3 heterocycles. The van der Waals surface area contributed by atoms with Crippen LogP contribution in [-0.4, -0.2) is 39.0 Å². The van der Waals surface area contributed by atoms with Crippen LogP contribution in [0.15, 0.2) is 60.7 Å². The van der Waals surface area contributed by atoms with Crippen molar-refractivity contribution in [1.29, 1.82) is 0 Å². The van der Waals surface area contributed by atoms with Crippen LogP contribution in [0.25, 0.3) is 20.9 Å². The van der Waals surface area contributed by atoms with Gasteiger partial charge < -0.3 is 5.11 Å². The van der Waals surface area contributed by atoms with Crippen molar-refractivity contribution in [3.8, 4) is 10.6 Å². The molecule has 1 aliphatic carbocycles. The molecule has 2 fully saturated rings. The number of carboxylic acid groups (broad SMARTS) is 1. The second-order valence-corrected chi connectivity index (χ2v) is 10.4. The lowest BCUT2D eigenvalue weighted by molar-refractivity contribution is -0.147. The van der Waals surface area contributed by atoms with E-state index in [1.807, 2.05) is 23.1 Å². The highest BCUT2D eigenvalue weighted by atomic mass is 32.1. The Kier molecular flexibility index (Phi) is 5.19. The highest BCUT2D eigenvalue weighted by molar-refractivity contribution is 7.21. The molecule has 7 heteroatoms. The fraction of sp³-hybridized carbons (Fsp3) is 0.296. The van der Waals surface area contributed by atoms with Gasteiger partial charge in [0, 0.05) is 30.6 Å². The minimum Gasteiger partial charge on any atom is -0.481 e. The molecule has 1 saturated heterocycles. The molecule has 0 bridgehead atoms. The SMILES string of the molecule is O=C(O)C1CN(Cc2ccc(-c3nc4ccc(C5(c6ccccc6)CCC5)nc4s3)c(F)c2)C1. The summed E-state index contributed by atoms with van der Waals surface area (Å²) in [4.78, 5) is 23.5. The summed E-state index contributed by atoms with van der Waals surface area (Å²) in [5, 5.41) is 9.65. The minimum atomic E-state index is -0.766. The van der Waals surface area contributed by atoms with E-state index in [1.54, 1.807) is 6.07 Å². The lowest BCUT2D eigenvalue weighted by Crippen LogP contribution is -2.49. The average Bonchev–Trinajstić information content (AvgIpc) is 3.19. The summed E-state index contributed by atoms with van der Waals surface area (Å²) < 4.78 is 15.0. The summed E-state index contributed by atoms with van der Waals surface area (Å²) in [5.74, 6) is -1.39. The summed E-state index contributed by atoms with van der Waals surface area (Å²) in [6, 6.07) is 19.9. The number of pyridine rings is 1. The number of carboxylic acids is 1. The second-order valence-electron chi connectivity index (χ2n) is 9.38. The number of halogens is 1. The largest absolute Gasteiger partial charge is 0.481 e. The molecule has 0 spiro atoms. The standard InChI is InChI=1S/C27H24FN3O2S/c28-21-13-17(14-31-15-18(16-31)26(32)33)7-8-20(21)24-29-22-9-10-23(30-25(22)34-24)27(11-4-12-27)19-5-2-1-3-6-19/h1-3,5-10,13,18H,4,11-12,14-16H2,(H,32,33). The Morgan fingerprint density at radius 3 is 2.56 bits per heavy atom. The molecule has 172 valence electrons. The van der Waals surface area contributed by atoms with Crippen molar-refractivity contribution in [2.75, 3.05) is 13.1 Å². The zero-order valence-corrected chi connectivity index (χ0v) is 19.4. The molecule has 1 saturated carbocycles. The van der Waals surface area contributed by atoms with E-state index >= 15 is 4.39 Å². The van der Waals surface area contributed by atoms with Crippen molar-refractivity contribution < 1.29 is 14.3 Å². The van der Waals surface area contributed by atoms with Crippen LogP contribution in [0.5, 0.6) is 0 Å². The highest BCUT2D eigenvalue weighted by Crippen LogP contribution is 2.48.